The number of carboxylic acids is 1. The highest BCUT2D eigenvalue weighted by atomic mass is 19.4. The molecule has 0 bridgehead atoms. The number of nitrogens with one attached hydrogen (secondary N) is 1. The first kappa shape index (κ1) is 27.1. The third-order valence-electron chi connectivity index (χ3n) is 6.07. The van der Waals surface area contributed by atoms with Gasteiger partial charge in [0.2, 0.25) is 5.91 Å². The predicted molar refractivity (Wildman–Crippen MR) is 124 cm³/mol. The zero-order valence-electron chi connectivity index (χ0n) is 19.8. The van der Waals surface area contributed by atoms with Crippen LogP contribution in [0.3, 0.4) is 0 Å². The van der Waals surface area contributed by atoms with Crippen LogP contribution in [-0.2, 0) is 16.1 Å². The van der Waals surface area contributed by atoms with Crippen molar-refractivity contribution in [3.63, 3.8) is 0 Å². The molecule has 2 aliphatic rings. The number of nitrogens with zero attached hydrogens (tertiary/aromatic N) is 3. The fourth-order valence-electron chi connectivity index (χ4n) is 4.49. The Morgan fingerprint density at radius 2 is 1.78 bits per heavy atom. The van der Waals surface area contributed by atoms with Crippen LogP contribution in [-0.4, -0.2) is 83.2 Å². The van der Waals surface area contributed by atoms with Gasteiger partial charge in [-0.25, -0.2) is 9.59 Å². The molecule has 36 heavy (non-hydrogen) atoms. The van der Waals surface area contributed by atoms with Gasteiger partial charge in [-0.05, 0) is 31.2 Å². The summed E-state index contributed by atoms with van der Waals surface area (Å²) in [5, 5.41) is 10.1. The first-order valence-electron chi connectivity index (χ1n) is 11.4. The number of anilines is 1. The van der Waals surface area contributed by atoms with E-state index in [1.54, 1.807) is 6.26 Å². The minimum absolute atomic E-state index is 0.113. The van der Waals surface area contributed by atoms with Crippen molar-refractivity contribution in [2.45, 2.75) is 26.1 Å². The van der Waals surface area contributed by atoms with Crippen LogP contribution in [0, 0.1) is 5.41 Å². The fourth-order valence-corrected chi connectivity index (χ4v) is 4.49. The highest BCUT2D eigenvalue weighted by molar-refractivity contribution is 5.89. The van der Waals surface area contributed by atoms with Gasteiger partial charge in [-0.1, -0.05) is 18.2 Å². The lowest BCUT2D eigenvalue weighted by Gasteiger charge is -2.33. The molecule has 1 spiro atoms. The van der Waals surface area contributed by atoms with Crippen LogP contribution >= 0.6 is 0 Å². The second-order valence-electron chi connectivity index (χ2n) is 8.90. The number of benzene rings is 1. The maximum absolute atomic E-state index is 13.0. The number of rotatable bonds is 4. The molecule has 2 N–H and O–H groups in total. The van der Waals surface area contributed by atoms with Crippen molar-refractivity contribution < 1.29 is 37.1 Å². The van der Waals surface area contributed by atoms with E-state index in [4.69, 9.17) is 14.3 Å². The minimum Gasteiger partial charge on any atom is -0.475 e. The second kappa shape index (κ2) is 11.5. The lowest BCUT2D eigenvalue weighted by Crippen LogP contribution is -2.45. The van der Waals surface area contributed by atoms with Crippen molar-refractivity contribution in [2.24, 2.45) is 5.41 Å². The molecule has 0 saturated carbocycles. The molecular weight excluding hydrogens is 481 g/mol. The van der Waals surface area contributed by atoms with Crippen molar-refractivity contribution in [1.82, 2.24) is 14.7 Å². The Morgan fingerprint density at radius 3 is 2.33 bits per heavy atom. The van der Waals surface area contributed by atoms with Gasteiger partial charge >= 0.3 is 18.2 Å². The number of aliphatic carboxylic acids is 1. The minimum atomic E-state index is -5.08. The maximum Gasteiger partial charge on any atom is 0.490 e. The molecule has 0 radical (unpaired) electrons. The molecule has 4 rings (SSSR count). The number of hydrogen-bond donors (Lipinski definition) is 2. The standard InChI is InChI=1S/C22H28N4O3.C2HF3O2/c1-2-25-16-22(13-20(25)27)15-24(14-19-9-6-12-29-19)10-11-26(17-22)21(28)23-18-7-4-3-5-8-18;3-2(4,5)1(6)7/h3-9,12H,2,10-11,13-17H2,1H3,(H,23,28);(H,6,7). The van der Waals surface area contributed by atoms with E-state index in [1.165, 1.54) is 0 Å². The zero-order chi connectivity index (χ0) is 26.3. The second-order valence-corrected chi connectivity index (χ2v) is 8.90. The van der Waals surface area contributed by atoms with Crippen LogP contribution < -0.4 is 5.32 Å². The van der Waals surface area contributed by atoms with E-state index in [0.717, 1.165) is 24.5 Å². The van der Waals surface area contributed by atoms with Gasteiger partial charge in [-0.3, -0.25) is 9.69 Å². The van der Waals surface area contributed by atoms with Crippen molar-refractivity contribution in [3.05, 3.63) is 54.5 Å². The number of carboxylic acid groups (broad SMARTS) is 1. The van der Waals surface area contributed by atoms with Gasteiger partial charge in [0, 0.05) is 56.8 Å². The van der Waals surface area contributed by atoms with Gasteiger partial charge in [0.15, 0.2) is 0 Å². The maximum atomic E-state index is 13.0. The lowest BCUT2D eigenvalue weighted by atomic mass is 9.86. The molecular formula is C24H29F3N4O5. The summed E-state index contributed by atoms with van der Waals surface area (Å²) in [6, 6.07) is 13.2. The summed E-state index contributed by atoms with van der Waals surface area (Å²) in [4.78, 5) is 40.5. The predicted octanol–water partition coefficient (Wildman–Crippen LogP) is 3.50. The van der Waals surface area contributed by atoms with Crippen LogP contribution in [0.5, 0.6) is 0 Å². The molecule has 2 fully saturated rings. The molecule has 3 heterocycles. The van der Waals surface area contributed by atoms with Crippen molar-refractivity contribution >= 4 is 23.6 Å². The summed E-state index contributed by atoms with van der Waals surface area (Å²) in [7, 11) is 0. The topological polar surface area (TPSA) is 106 Å². The highest BCUT2D eigenvalue weighted by Crippen LogP contribution is 2.35. The lowest BCUT2D eigenvalue weighted by molar-refractivity contribution is -0.192. The molecule has 2 saturated heterocycles. The van der Waals surface area contributed by atoms with Crippen LogP contribution in [0.4, 0.5) is 23.7 Å². The molecule has 196 valence electrons. The summed E-state index contributed by atoms with van der Waals surface area (Å²) in [6.45, 7) is 6.78. The quantitative estimate of drug-likeness (QED) is 0.652. The van der Waals surface area contributed by atoms with E-state index < -0.39 is 12.1 Å². The summed E-state index contributed by atoms with van der Waals surface area (Å²) >= 11 is 0. The van der Waals surface area contributed by atoms with E-state index in [1.807, 2.05) is 59.2 Å². The number of urea groups is 1. The van der Waals surface area contributed by atoms with E-state index in [9.17, 15) is 22.8 Å². The van der Waals surface area contributed by atoms with Crippen LogP contribution in [0.2, 0.25) is 0 Å². The summed E-state index contributed by atoms with van der Waals surface area (Å²) in [6.07, 6.45) is -2.93. The molecule has 1 atom stereocenters. The largest absolute Gasteiger partial charge is 0.490 e. The zero-order valence-corrected chi connectivity index (χ0v) is 19.8. The molecule has 3 amide bonds. The summed E-state index contributed by atoms with van der Waals surface area (Å²) < 4.78 is 37.3. The highest BCUT2D eigenvalue weighted by Gasteiger charge is 2.47. The molecule has 2 aliphatic heterocycles. The molecule has 1 unspecified atom stereocenters. The number of hydrogen-bond acceptors (Lipinski definition) is 5. The van der Waals surface area contributed by atoms with Crippen molar-refractivity contribution in [1.29, 1.82) is 0 Å². The number of carbonyl (C=O) groups is 3. The molecule has 1 aromatic carbocycles. The van der Waals surface area contributed by atoms with Gasteiger partial charge in [0.1, 0.15) is 5.76 Å². The third kappa shape index (κ3) is 7.23. The van der Waals surface area contributed by atoms with E-state index >= 15 is 0 Å². The summed E-state index contributed by atoms with van der Waals surface area (Å²) in [5.41, 5.74) is 0.519. The Labute approximate surface area is 206 Å². The first-order valence-corrected chi connectivity index (χ1v) is 11.4. The van der Waals surface area contributed by atoms with Gasteiger partial charge < -0.3 is 24.6 Å². The number of furan rings is 1. The molecule has 2 aromatic rings. The van der Waals surface area contributed by atoms with E-state index in [-0.39, 0.29) is 17.4 Å². The van der Waals surface area contributed by atoms with E-state index in [2.05, 4.69) is 10.2 Å². The number of likely N-dealkylation sites (tertiary alicyclic amines) is 1. The van der Waals surface area contributed by atoms with Crippen LogP contribution in [0.1, 0.15) is 19.1 Å². The fraction of sp³-hybridized carbons (Fsp3) is 0.458. The molecule has 12 heteroatoms. The number of amides is 3. The monoisotopic (exact) mass is 510 g/mol. The van der Waals surface area contributed by atoms with Crippen LogP contribution in [0.15, 0.2) is 53.1 Å². The van der Waals surface area contributed by atoms with Gasteiger partial charge in [-0.15, -0.1) is 0 Å². The number of alkyl halides is 3. The Kier molecular flexibility index (Phi) is 8.62. The average molecular weight is 511 g/mol. The van der Waals surface area contributed by atoms with Gasteiger partial charge in [0.25, 0.3) is 0 Å². The van der Waals surface area contributed by atoms with E-state index in [0.29, 0.717) is 39.1 Å². The Morgan fingerprint density at radius 1 is 1.08 bits per heavy atom. The number of para-hydroxylation sites is 1. The number of carbonyl (C=O) groups excluding carboxylic acids is 2. The summed E-state index contributed by atoms with van der Waals surface area (Å²) in [5.74, 6) is -1.68. The van der Waals surface area contributed by atoms with Gasteiger partial charge in [0.05, 0.1) is 12.8 Å². The SMILES string of the molecule is CCN1CC2(CC1=O)CN(Cc1ccco1)CCN(C(=O)Nc1ccccc1)C2.O=C(O)C(F)(F)F. The molecule has 1 aromatic heterocycles. The first-order chi connectivity index (χ1) is 17.0. The van der Waals surface area contributed by atoms with Gasteiger partial charge in [-0.2, -0.15) is 13.2 Å². The third-order valence-corrected chi connectivity index (χ3v) is 6.07. The van der Waals surface area contributed by atoms with Crippen molar-refractivity contribution in [2.75, 3.05) is 44.6 Å². The number of halogens is 3. The Balaban J connectivity index is 0.000000454. The van der Waals surface area contributed by atoms with Crippen LogP contribution in [0.25, 0.3) is 0 Å². The molecule has 9 nitrogen and oxygen atoms in total. The van der Waals surface area contributed by atoms with Crippen molar-refractivity contribution in [3.8, 4) is 0 Å². The normalized spacial score (nSPS) is 20.6. The Bertz CT molecular complexity index is 1030. The molecule has 0 aliphatic carbocycles. The average Bonchev–Trinajstić information content (AvgIpc) is 3.39. The smallest absolute Gasteiger partial charge is 0.475 e. The Hall–Kier alpha value is -3.54.